The number of benzene rings is 2. The number of carbonyl (C=O) groups is 2. The highest BCUT2D eigenvalue weighted by atomic mass is 16.5. The first-order valence-electron chi connectivity index (χ1n) is 11.0. The lowest BCUT2D eigenvalue weighted by Crippen LogP contribution is -2.35. The molecule has 0 aromatic heterocycles. The standard InChI is InChI=1S/C26H32N2O5/c1-16(2)33-19-9-7-8-18(15-19)23-22(25(30)26(31)28(23)13-12-27(4)5)24(29)20-14-17(3)10-11-21(20)32-6/h7-11,14-16,23,29H,12-13H2,1-6H3/b24-22+. The Bertz CT molecular complexity index is 1070. The molecule has 0 saturated carbocycles. The van der Waals surface area contributed by atoms with Crippen LogP contribution < -0.4 is 9.47 Å². The molecule has 1 unspecified atom stereocenters. The largest absolute Gasteiger partial charge is 0.507 e. The molecule has 176 valence electrons. The minimum atomic E-state index is -0.745. The molecule has 33 heavy (non-hydrogen) atoms. The van der Waals surface area contributed by atoms with Crippen LogP contribution in [0.2, 0.25) is 0 Å². The van der Waals surface area contributed by atoms with Crippen molar-refractivity contribution in [3.63, 3.8) is 0 Å². The van der Waals surface area contributed by atoms with Crippen molar-refractivity contribution in [3.8, 4) is 11.5 Å². The van der Waals surface area contributed by atoms with Crippen LogP contribution in [0.15, 0.2) is 48.0 Å². The number of methoxy groups -OCH3 is 1. The molecule has 0 bridgehead atoms. The molecular weight excluding hydrogens is 420 g/mol. The van der Waals surface area contributed by atoms with Gasteiger partial charge in [-0.25, -0.2) is 0 Å². The van der Waals surface area contributed by atoms with Crippen LogP contribution in [-0.4, -0.2) is 67.0 Å². The molecule has 1 heterocycles. The zero-order chi connectivity index (χ0) is 24.3. The van der Waals surface area contributed by atoms with E-state index in [1.54, 1.807) is 12.1 Å². The highest BCUT2D eigenvalue weighted by Gasteiger charge is 2.46. The van der Waals surface area contributed by atoms with Gasteiger partial charge in [-0.3, -0.25) is 9.59 Å². The molecule has 1 atom stereocenters. The van der Waals surface area contributed by atoms with Crippen molar-refractivity contribution in [2.75, 3.05) is 34.3 Å². The highest BCUT2D eigenvalue weighted by Crippen LogP contribution is 2.41. The molecule has 1 aliphatic rings. The monoisotopic (exact) mass is 452 g/mol. The third kappa shape index (κ3) is 5.20. The van der Waals surface area contributed by atoms with Crippen LogP contribution in [0.1, 0.15) is 36.6 Å². The first-order chi connectivity index (χ1) is 15.6. The maximum atomic E-state index is 13.2. The number of rotatable bonds is 8. The second kappa shape index (κ2) is 10.1. The summed E-state index contributed by atoms with van der Waals surface area (Å²) in [5.74, 6) is -0.538. The third-order valence-electron chi connectivity index (χ3n) is 5.48. The molecule has 3 rings (SSSR count). The van der Waals surface area contributed by atoms with Crippen LogP contribution >= 0.6 is 0 Å². The SMILES string of the molecule is COc1ccc(C)cc1/C(O)=C1\C(=O)C(=O)N(CCN(C)C)C1c1cccc(OC(C)C)c1. The van der Waals surface area contributed by atoms with Crippen molar-refractivity contribution < 1.29 is 24.2 Å². The van der Waals surface area contributed by atoms with Crippen molar-refractivity contribution in [2.45, 2.75) is 32.9 Å². The second-order valence-corrected chi connectivity index (χ2v) is 8.74. The Labute approximate surface area is 195 Å². The number of aliphatic hydroxyl groups is 1. The minimum Gasteiger partial charge on any atom is -0.507 e. The van der Waals surface area contributed by atoms with E-state index >= 15 is 0 Å². The van der Waals surface area contributed by atoms with Crippen molar-refractivity contribution in [3.05, 3.63) is 64.7 Å². The van der Waals surface area contributed by atoms with E-state index in [9.17, 15) is 14.7 Å². The predicted octanol–water partition coefficient (Wildman–Crippen LogP) is 3.77. The number of aliphatic hydroxyl groups excluding tert-OH is 1. The zero-order valence-electron chi connectivity index (χ0n) is 20.1. The maximum absolute atomic E-state index is 13.2. The first-order valence-corrected chi connectivity index (χ1v) is 11.0. The van der Waals surface area contributed by atoms with E-state index < -0.39 is 17.7 Å². The minimum absolute atomic E-state index is 0.0306. The van der Waals surface area contributed by atoms with Gasteiger partial charge in [0, 0.05) is 13.1 Å². The number of hydrogen-bond acceptors (Lipinski definition) is 6. The van der Waals surface area contributed by atoms with Crippen LogP contribution in [0.3, 0.4) is 0 Å². The summed E-state index contributed by atoms with van der Waals surface area (Å²) in [6, 6.07) is 11.9. The Morgan fingerprint density at radius 2 is 1.88 bits per heavy atom. The van der Waals surface area contributed by atoms with Crippen molar-refractivity contribution in [1.82, 2.24) is 9.80 Å². The van der Waals surface area contributed by atoms with Crippen LogP contribution in [0, 0.1) is 6.92 Å². The number of Topliss-reactive ketones (excluding diaryl/α,β-unsaturated/α-hetero) is 1. The lowest BCUT2D eigenvalue weighted by atomic mass is 9.94. The third-order valence-corrected chi connectivity index (χ3v) is 5.48. The number of ether oxygens (including phenoxy) is 2. The molecule has 2 aromatic carbocycles. The summed E-state index contributed by atoms with van der Waals surface area (Å²) in [5, 5.41) is 11.3. The molecule has 0 radical (unpaired) electrons. The van der Waals surface area contributed by atoms with Crippen molar-refractivity contribution in [1.29, 1.82) is 0 Å². The summed E-state index contributed by atoms with van der Waals surface area (Å²) in [5.41, 5.74) is 2.01. The summed E-state index contributed by atoms with van der Waals surface area (Å²) >= 11 is 0. The fourth-order valence-electron chi connectivity index (χ4n) is 3.95. The topological polar surface area (TPSA) is 79.3 Å². The van der Waals surface area contributed by atoms with Crippen LogP contribution in [0.5, 0.6) is 11.5 Å². The van der Waals surface area contributed by atoms with Crippen molar-refractivity contribution in [2.24, 2.45) is 0 Å². The van der Waals surface area contributed by atoms with Gasteiger partial charge in [-0.15, -0.1) is 0 Å². The van der Waals surface area contributed by atoms with E-state index in [-0.39, 0.29) is 17.4 Å². The molecule has 1 amide bonds. The molecule has 0 aliphatic carbocycles. The number of nitrogens with zero attached hydrogens (tertiary/aromatic N) is 2. The number of aryl methyl sites for hydroxylation is 1. The first kappa shape index (κ1) is 24.3. The van der Waals surface area contributed by atoms with E-state index in [2.05, 4.69) is 0 Å². The van der Waals surface area contributed by atoms with E-state index in [4.69, 9.17) is 9.47 Å². The van der Waals surface area contributed by atoms with Gasteiger partial charge in [0.15, 0.2) is 0 Å². The van der Waals surface area contributed by atoms with Crippen molar-refractivity contribution >= 4 is 17.4 Å². The normalized spacial score (nSPS) is 17.8. The summed E-state index contributed by atoms with van der Waals surface area (Å²) in [4.78, 5) is 29.8. The maximum Gasteiger partial charge on any atom is 0.295 e. The average Bonchev–Trinajstić information content (AvgIpc) is 3.01. The fourth-order valence-corrected chi connectivity index (χ4v) is 3.95. The molecule has 7 heteroatoms. The van der Waals surface area contributed by atoms with Crippen LogP contribution in [0.25, 0.3) is 5.76 Å². The number of hydrogen-bond donors (Lipinski definition) is 1. The number of carbonyl (C=O) groups excluding carboxylic acids is 2. The van der Waals surface area contributed by atoms with Gasteiger partial charge in [0.1, 0.15) is 17.3 Å². The molecule has 7 nitrogen and oxygen atoms in total. The van der Waals surface area contributed by atoms with E-state index in [0.717, 1.165) is 5.56 Å². The lowest BCUT2D eigenvalue weighted by Gasteiger charge is -2.27. The summed E-state index contributed by atoms with van der Waals surface area (Å²) in [6.45, 7) is 6.65. The quantitative estimate of drug-likeness (QED) is 0.373. The van der Waals surface area contributed by atoms with Gasteiger partial charge in [-0.2, -0.15) is 0 Å². The number of likely N-dealkylation sites (N-methyl/N-ethyl adjacent to an activating group) is 1. The molecule has 1 saturated heterocycles. The molecule has 2 aromatic rings. The smallest absolute Gasteiger partial charge is 0.295 e. The van der Waals surface area contributed by atoms with Gasteiger partial charge in [0.05, 0.1) is 30.4 Å². The van der Waals surface area contributed by atoms with Gasteiger partial charge in [-0.05, 0) is 64.7 Å². The second-order valence-electron chi connectivity index (χ2n) is 8.74. The Morgan fingerprint density at radius 3 is 2.52 bits per heavy atom. The lowest BCUT2D eigenvalue weighted by molar-refractivity contribution is -0.140. The van der Waals surface area contributed by atoms with Gasteiger partial charge >= 0.3 is 0 Å². The van der Waals surface area contributed by atoms with E-state index in [0.29, 0.717) is 35.7 Å². The summed E-state index contributed by atoms with van der Waals surface area (Å²) in [6.07, 6.45) is -0.0306. The summed E-state index contributed by atoms with van der Waals surface area (Å²) in [7, 11) is 5.31. The highest BCUT2D eigenvalue weighted by molar-refractivity contribution is 6.46. The van der Waals surface area contributed by atoms with E-state index in [1.165, 1.54) is 12.0 Å². The fraction of sp³-hybridized carbons (Fsp3) is 0.385. The molecule has 1 fully saturated rings. The van der Waals surface area contributed by atoms with Gasteiger partial charge in [-0.1, -0.05) is 23.8 Å². The molecule has 1 aliphatic heterocycles. The number of ketones is 1. The predicted molar refractivity (Wildman–Crippen MR) is 128 cm³/mol. The van der Waals surface area contributed by atoms with Gasteiger partial charge in [0.2, 0.25) is 0 Å². The van der Waals surface area contributed by atoms with Crippen LogP contribution in [0.4, 0.5) is 0 Å². The Kier molecular flexibility index (Phi) is 7.43. The summed E-state index contributed by atoms with van der Waals surface area (Å²) < 4.78 is 11.3. The Morgan fingerprint density at radius 1 is 1.15 bits per heavy atom. The number of likely N-dealkylation sites (tertiary alicyclic amines) is 1. The van der Waals surface area contributed by atoms with E-state index in [1.807, 2.05) is 70.1 Å². The molecular formula is C26H32N2O5. The van der Waals surface area contributed by atoms with Crippen LogP contribution in [-0.2, 0) is 9.59 Å². The average molecular weight is 453 g/mol. The Balaban J connectivity index is 2.20. The number of amides is 1. The van der Waals surface area contributed by atoms with Gasteiger partial charge < -0.3 is 24.4 Å². The molecule has 1 N–H and O–H groups in total. The molecule has 0 spiro atoms. The zero-order valence-corrected chi connectivity index (χ0v) is 20.1. The van der Waals surface area contributed by atoms with Gasteiger partial charge in [0.25, 0.3) is 11.7 Å². The Hall–Kier alpha value is -3.32.